The van der Waals surface area contributed by atoms with Crippen molar-refractivity contribution in [3.63, 3.8) is 0 Å². The van der Waals surface area contributed by atoms with Crippen LogP contribution < -0.4 is 0 Å². The predicted molar refractivity (Wildman–Crippen MR) is 105 cm³/mol. The molecule has 0 radical (unpaired) electrons. The molecular weight excluding hydrogens is 390 g/mol. The third kappa shape index (κ3) is 3.49. The van der Waals surface area contributed by atoms with E-state index in [4.69, 9.17) is 28.7 Å². The number of hydrogen-bond donors (Lipinski definition) is 0. The van der Waals surface area contributed by atoms with Crippen LogP contribution in [0.4, 0.5) is 0 Å². The summed E-state index contributed by atoms with van der Waals surface area (Å²) in [5.74, 6) is -0.0402. The van der Waals surface area contributed by atoms with Crippen LogP contribution in [-0.4, -0.2) is 67.7 Å². The van der Waals surface area contributed by atoms with E-state index in [-0.39, 0.29) is 17.8 Å². The Morgan fingerprint density at radius 1 is 1.10 bits per heavy atom. The molecule has 0 aromatic carbocycles. The standard InChI is InChI=1S/C22H35NO7/c1-14-4-5-17-15(2)19(26-18(24)7-9-23-10-12-25-13-11-23)27-20-22(17)16(14)6-8-21(3,28-20)29-30-22/h14-17,19-20H,4-13H2,1-3H3/t14-,15-,16+,17+,19-,20?,21+,22-/m1/s1. The molecule has 0 N–H and O–H groups in total. The van der Waals surface area contributed by atoms with Crippen molar-refractivity contribution in [3.05, 3.63) is 0 Å². The Morgan fingerprint density at radius 2 is 1.90 bits per heavy atom. The summed E-state index contributed by atoms with van der Waals surface area (Å²) in [6, 6.07) is 0. The Labute approximate surface area is 178 Å². The summed E-state index contributed by atoms with van der Waals surface area (Å²) in [5, 5.41) is 0. The largest absolute Gasteiger partial charge is 0.435 e. The van der Waals surface area contributed by atoms with Crippen molar-refractivity contribution in [2.75, 3.05) is 32.8 Å². The maximum absolute atomic E-state index is 12.6. The number of morpholine rings is 1. The minimum atomic E-state index is -0.816. The Morgan fingerprint density at radius 3 is 2.70 bits per heavy atom. The minimum Gasteiger partial charge on any atom is -0.435 e. The normalized spacial score (nSPS) is 48.6. The maximum Gasteiger partial charge on any atom is 0.309 e. The molecule has 30 heavy (non-hydrogen) atoms. The summed E-state index contributed by atoms with van der Waals surface area (Å²) in [6.45, 7) is 10.2. The first-order valence-electron chi connectivity index (χ1n) is 11.6. The monoisotopic (exact) mass is 425 g/mol. The van der Waals surface area contributed by atoms with E-state index in [2.05, 4.69) is 18.7 Å². The zero-order valence-electron chi connectivity index (χ0n) is 18.3. The summed E-state index contributed by atoms with van der Waals surface area (Å²) in [6.07, 6.45) is 3.04. The number of fused-ring (bicyclic) bond motifs is 2. The maximum atomic E-state index is 12.6. The summed E-state index contributed by atoms with van der Waals surface area (Å²) in [4.78, 5) is 26.8. The van der Waals surface area contributed by atoms with Gasteiger partial charge in [-0.3, -0.25) is 9.69 Å². The van der Waals surface area contributed by atoms with Gasteiger partial charge >= 0.3 is 5.97 Å². The van der Waals surface area contributed by atoms with E-state index >= 15 is 0 Å². The molecule has 5 heterocycles. The second kappa shape index (κ2) is 7.98. The SMILES string of the molecule is C[C@H]1[C@H](OC(=O)CCN2CCOCC2)OC2O[C@]3(C)CC[C@H]4[C@H](C)CC[C@@H]1[C@@]24OO3. The Kier molecular flexibility index (Phi) is 5.61. The first-order chi connectivity index (χ1) is 14.4. The fraction of sp³-hybridized carbons (Fsp3) is 0.955. The Balaban J connectivity index is 1.29. The van der Waals surface area contributed by atoms with Crippen molar-refractivity contribution in [3.8, 4) is 0 Å². The van der Waals surface area contributed by atoms with E-state index in [0.29, 0.717) is 24.8 Å². The number of ether oxygens (including phenoxy) is 4. The average molecular weight is 426 g/mol. The highest BCUT2D eigenvalue weighted by Crippen LogP contribution is 2.60. The first kappa shape index (κ1) is 21.1. The van der Waals surface area contributed by atoms with Crippen molar-refractivity contribution < 1.29 is 33.5 Å². The molecule has 1 spiro atoms. The second-order valence-corrected chi connectivity index (χ2v) is 9.97. The van der Waals surface area contributed by atoms with Crippen LogP contribution in [0.25, 0.3) is 0 Å². The molecule has 0 amide bonds. The molecule has 8 nitrogen and oxygen atoms in total. The Bertz CT molecular complexity index is 655. The van der Waals surface area contributed by atoms with E-state index in [1.165, 1.54) is 0 Å². The van der Waals surface area contributed by atoms with Gasteiger partial charge in [-0.1, -0.05) is 13.8 Å². The summed E-state index contributed by atoms with van der Waals surface area (Å²) >= 11 is 0. The van der Waals surface area contributed by atoms with E-state index < -0.39 is 24.0 Å². The molecule has 5 aliphatic heterocycles. The molecule has 2 bridgehead atoms. The van der Waals surface area contributed by atoms with Gasteiger partial charge in [0.15, 0.2) is 11.9 Å². The van der Waals surface area contributed by atoms with Crippen LogP contribution in [-0.2, 0) is 33.5 Å². The first-order valence-corrected chi connectivity index (χ1v) is 11.6. The highest BCUT2D eigenvalue weighted by molar-refractivity contribution is 5.69. The van der Waals surface area contributed by atoms with Gasteiger partial charge in [-0.25, -0.2) is 9.78 Å². The molecule has 0 aromatic heterocycles. The Hall–Kier alpha value is -0.770. The van der Waals surface area contributed by atoms with Gasteiger partial charge in [0.1, 0.15) is 0 Å². The van der Waals surface area contributed by atoms with Crippen molar-refractivity contribution in [2.24, 2.45) is 23.7 Å². The van der Waals surface area contributed by atoms with E-state index in [0.717, 1.165) is 52.0 Å². The number of hydrogen-bond acceptors (Lipinski definition) is 8. The highest BCUT2D eigenvalue weighted by atomic mass is 17.3. The van der Waals surface area contributed by atoms with Crippen LogP contribution in [0.1, 0.15) is 52.9 Å². The summed E-state index contributed by atoms with van der Waals surface area (Å²) < 4.78 is 23.8. The van der Waals surface area contributed by atoms with Crippen molar-refractivity contribution in [1.29, 1.82) is 0 Å². The van der Waals surface area contributed by atoms with Crippen LogP contribution in [0.2, 0.25) is 0 Å². The molecule has 8 atom stereocenters. The lowest BCUT2D eigenvalue weighted by atomic mass is 9.58. The third-order valence-corrected chi connectivity index (χ3v) is 8.08. The molecule has 6 rings (SSSR count). The molecule has 6 aliphatic rings. The molecule has 170 valence electrons. The smallest absolute Gasteiger partial charge is 0.309 e. The van der Waals surface area contributed by atoms with Crippen LogP contribution in [0, 0.1) is 23.7 Å². The van der Waals surface area contributed by atoms with Gasteiger partial charge in [-0.2, -0.15) is 0 Å². The van der Waals surface area contributed by atoms with Gasteiger partial charge in [0.05, 0.1) is 19.6 Å². The van der Waals surface area contributed by atoms with Gasteiger partial charge in [0.25, 0.3) is 0 Å². The molecular formula is C22H35NO7. The van der Waals surface area contributed by atoms with Crippen LogP contribution in [0.15, 0.2) is 0 Å². The summed E-state index contributed by atoms with van der Waals surface area (Å²) in [7, 11) is 0. The highest BCUT2D eigenvalue weighted by Gasteiger charge is 2.69. The van der Waals surface area contributed by atoms with E-state index in [1.807, 2.05) is 6.92 Å². The second-order valence-electron chi connectivity index (χ2n) is 9.97. The molecule has 1 saturated carbocycles. The third-order valence-electron chi connectivity index (χ3n) is 8.08. The zero-order valence-corrected chi connectivity index (χ0v) is 18.3. The average Bonchev–Trinajstić information content (AvgIpc) is 2.97. The van der Waals surface area contributed by atoms with Gasteiger partial charge in [0, 0.05) is 37.9 Å². The quantitative estimate of drug-likeness (QED) is 0.502. The van der Waals surface area contributed by atoms with Crippen molar-refractivity contribution in [2.45, 2.75) is 76.8 Å². The van der Waals surface area contributed by atoms with Crippen LogP contribution >= 0.6 is 0 Å². The summed E-state index contributed by atoms with van der Waals surface area (Å²) in [5.41, 5.74) is -0.621. The topological polar surface area (TPSA) is 75.7 Å². The van der Waals surface area contributed by atoms with E-state index in [1.54, 1.807) is 0 Å². The van der Waals surface area contributed by atoms with Crippen molar-refractivity contribution in [1.82, 2.24) is 4.90 Å². The fourth-order valence-electron chi connectivity index (χ4n) is 6.27. The van der Waals surface area contributed by atoms with Gasteiger partial charge in [0.2, 0.25) is 12.1 Å². The lowest BCUT2D eigenvalue weighted by Gasteiger charge is -2.59. The number of carbonyl (C=O) groups excluding carboxylic acids is 1. The molecule has 0 aromatic rings. The number of nitrogens with zero attached hydrogens (tertiary/aromatic N) is 1. The lowest BCUT2D eigenvalue weighted by Crippen LogP contribution is -2.70. The van der Waals surface area contributed by atoms with E-state index in [9.17, 15) is 4.79 Å². The predicted octanol–water partition coefficient (Wildman–Crippen LogP) is 2.46. The molecule has 1 unspecified atom stereocenters. The van der Waals surface area contributed by atoms with Crippen molar-refractivity contribution >= 4 is 5.97 Å². The molecule has 6 fully saturated rings. The molecule has 5 saturated heterocycles. The minimum absolute atomic E-state index is 0.0123. The zero-order chi connectivity index (χ0) is 20.9. The van der Waals surface area contributed by atoms with Gasteiger partial charge in [-0.15, -0.1) is 0 Å². The van der Waals surface area contributed by atoms with Gasteiger partial charge in [-0.05, 0) is 38.0 Å². The van der Waals surface area contributed by atoms with Crippen LogP contribution in [0.3, 0.4) is 0 Å². The number of carbonyl (C=O) groups is 1. The van der Waals surface area contributed by atoms with Crippen LogP contribution in [0.5, 0.6) is 0 Å². The fourth-order valence-corrected chi connectivity index (χ4v) is 6.27. The molecule has 8 heteroatoms. The molecule has 1 aliphatic carbocycles. The number of esters is 1. The lowest BCUT2D eigenvalue weighted by molar-refractivity contribution is -0.576. The number of rotatable bonds is 4. The van der Waals surface area contributed by atoms with Gasteiger partial charge < -0.3 is 18.9 Å².